The summed E-state index contributed by atoms with van der Waals surface area (Å²) in [6, 6.07) is 7.84. The molecule has 0 bridgehead atoms. The highest BCUT2D eigenvalue weighted by molar-refractivity contribution is 5.88. The molecule has 1 aliphatic rings. The molecule has 1 aromatic heterocycles. The van der Waals surface area contributed by atoms with Crippen LogP contribution in [-0.4, -0.2) is 53.9 Å². The second-order valence-corrected chi connectivity index (χ2v) is 6.45. The van der Waals surface area contributed by atoms with Gasteiger partial charge in [0.25, 0.3) is 0 Å². The second kappa shape index (κ2) is 5.61. The van der Waals surface area contributed by atoms with E-state index in [1.165, 1.54) is 0 Å². The van der Waals surface area contributed by atoms with Crippen LogP contribution in [0.15, 0.2) is 28.8 Å². The van der Waals surface area contributed by atoms with Crippen LogP contribution in [0.3, 0.4) is 0 Å². The van der Waals surface area contributed by atoms with Crippen LogP contribution in [0.1, 0.15) is 13.8 Å². The van der Waals surface area contributed by atoms with E-state index in [0.29, 0.717) is 6.54 Å². The van der Waals surface area contributed by atoms with Gasteiger partial charge < -0.3 is 14.5 Å². The van der Waals surface area contributed by atoms with Crippen LogP contribution in [0.5, 0.6) is 0 Å². The highest BCUT2D eigenvalue weighted by Gasteiger charge is 2.31. The van der Waals surface area contributed by atoms with Gasteiger partial charge in [0.05, 0.1) is 10.8 Å². The zero-order chi connectivity index (χ0) is 15.7. The monoisotopic (exact) mass is 303 g/mol. The molecule has 22 heavy (non-hydrogen) atoms. The minimum absolute atomic E-state index is 0.565. The maximum atomic E-state index is 11.2. The van der Waals surface area contributed by atoms with Crippen LogP contribution in [0.2, 0.25) is 0 Å². The van der Waals surface area contributed by atoms with Gasteiger partial charge in [0, 0.05) is 32.7 Å². The summed E-state index contributed by atoms with van der Waals surface area (Å²) >= 11 is 0. The SMILES string of the molecule is CC(C)(CN1CCN(c2noc3ccccc23)CC1)C(=O)O. The Hall–Kier alpha value is -2.08. The fraction of sp³-hybridized carbons (Fsp3) is 0.500. The highest BCUT2D eigenvalue weighted by Crippen LogP contribution is 2.27. The Labute approximate surface area is 129 Å². The van der Waals surface area contributed by atoms with Gasteiger partial charge in [-0.15, -0.1) is 0 Å². The van der Waals surface area contributed by atoms with Crippen molar-refractivity contribution in [2.45, 2.75) is 13.8 Å². The van der Waals surface area contributed by atoms with Gasteiger partial charge in [-0.1, -0.05) is 17.3 Å². The largest absolute Gasteiger partial charge is 0.481 e. The molecule has 6 nitrogen and oxygen atoms in total. The van der Waals surface area contributed by atoms with Crippen molar-refractivity contribution in [3.63, 3.8) is 0 Å². The molecule has 2 heterocycles. The lowest BCUT2D eigenvalue weighted by molar-refractivity contribution is -0.148. The Kier molecular flexibility index (Phi) is 3.78. The molecule has 6 heteroatoms. The third-order valence-electron chi connectivity index (χ3n) is 4.23. The number of carboxylic acids is 1. The van der Waals surface area contributed by atoms with Crippen LogP contribution in [0.4, 0.5) is 5.82 Å². The Morgan fingerprint density at radius 3 is 2.64 bits per heavy atom. The lowest BCUT2D eigenvalue weighted by atomic mass is 9.93. The average Bonchev–Trinajstić information content (AvgIpc) is 2.91. The molecule has 0 amide bonds. The molecule has 3 rings (SSSR count). The van der Waals surface area contributed by atoms with Crippen LogP contribution in [0.25, 0.3) is 11.0 Å². The van der Waals surface area contributed by atoms with Gasteiger partial charge in [-0.05, 0) is 26.0 Å². The number of carboxylic acid groups (broad SMARTS) is 1. The molecule has 0 radical (unpaired) electrons. The van der Waals surface area contributed by atoms with Crippen molar-refractivity contribution in [2.24, 2.45) is 5.41 Å². The highest BCUT2D eigenvalue weighted by atomic mass is 16.5. The third-order valence-corrected chi connectivity index (χ3v) is 4.23. The van der Waals surface area contributed by atoms with E-state index >= 15 is 0 Å². The van der Waals surface area contributed by atoms with Gasteiger partial charge in [0.15, 0.2) is 11.4 Å². The number of aromatic nitrogens is 1. The Morgan fingerprint density at radius 2 is 1.95 bits per heavy atom. The van der Waals surface area contributed by atoms with Gasteiger partial charge in [-0.3, -0.25) is 9.69 Å². The first-order valence-electron chi connectivity index (χ1n) is 7.52. The summed E-state index contributed by atoms with van der Waals surface area (Å²) in [7, 11) is 0. The van der Waals surface area contributed by atoms with Crippen LogP contribution in [-0.2, 0) is 4.79 Å². The van der Waals surface area contributed by atoms with E-state index in [4.69, 9.17) is 4.52 Å². The van der Waals surface area contributed by atoms with E-state index in [9.17, 15) is 9.90 Å². The van der Waals surface area contributed by atoms with E-state index in [1.54, 1.807) is 13.8 Å². The predicted octanol–water partition coefficient (Wildman–Crippen LogP) is 2.06. The molecule has 1 N–H and O–H groups in total. The summed E-state index contributed by atoms with van der Waals surface area (Å²) in [5.41, 5.74) is 0.0786. The summed E-state index contributed by atoms with van der Waals surface area (Å²) < 4.78 is 5.36. The first kappa shape index (κ1) is 14.8. The first-order valence-corrected chi connectivity index (χ1v) is 7.52. The minimum Gasteiger partial charge on any atom is -0.481 e. The molecule has 0 aliphatic carbocycles. The lowest BCUT2D eigenvalue weighted by Gasteiger charge is -2.37. The smallest absolute Gasteiger partial charge is 0.310 e. The van der Waals surface area contributed by atoms with Crippen LogP contribution in [0, 0.1) is 5.41 Å². The molecule has 0 saturated carbocycles. The number of nitrogens with zero attached hydrogens (tertiary/aromatic N) is 3. The molecule has 2 aromatic rings. The van der Waals surface area contributed by atoms with Gasteiger partial charge in [0.2, 0.25) is 0 Å². The minimum atomic E-state index is -0.752. The van der Waals surface area contributed by atoms with Crippen molar-refractivity contribution in [2.75, 3.05) is 37.6 Å². The zero-order valence-electron chi connectivity index (χ0n) is 13.0. The number of hydrogen-bond acceptors (Lipinski definition) is 5. The second-order valence-electron chi connectivity index (χ2n) is 6.45. The van der Waals surface area contributed by atoms with Gasteiger partial charge in [0.1, 0.15) is 0 Å². The molecule has 1 fully saturated rings. The fourth-order valence-electron chi connectivity index (χ4n) is 2.85. The molecular weight excluding hydrogens is 282 g/mol. The zero-order valence-corrected chi connectivity index (χ0v) is 13.0. The van der Waals surface area contributed by atoms with Crippen molar-refractivity contribution in [1.29, 1.82) is 0 Å². The number of piperazine rings is 1. The lowest BCUT2D eigenvalue weighted by Crippen LogP contribution is -2.50. The van der Waals surface area contributed by atoms with Gasteiger partial charge in [-0.25, -0.2) is 0 Å². The Balaban J connectivity index is 1.66. The van der Waals surface area contributed by atoms with E-state index in [1.807, 2.05) is 24.3 Å². The van der Waals surface area contributed by atoms with Gasteiger partial charge in [-0.2, -0.15) is 0 Å². The van der Waals surface area contributed by atoms with Crippen LogP contribution < -0.4 is 4.90 Å². The summed E-state index contributed by atoms with van der Waals surface area (Å²) in [5, 5.41) is 14.4. The number of anilines is 1. The molecular formula is C16H21N3O3. The van der Waals surface area contributed by atoms with E-state index < -0.39 is 11.4 Å². The maximum absolute atomic E-state index is 11.2. The number of rotatable bonds is 4. The predicted molar refractivity (Wildman–Crippen MR) is 84.1 cm³/mol. The van der Waals surface area contributed by atoms with Gasteiger partial charge >= 0.3 is 5.97 Å². The fourth-order valence-corrected chi connectivity index (χ4v) is 2.85. The number of hydrogen-bond donors (Lipinski definition) is 1. The normalized spacial score (nSPS) is 17.1. The number of carbonyl (C=O) groups is 1. The Morgan fingerprint density at radius 1 is 1.27 bits per heavy atom. The maximum Gasteiger partial charge on any atom is 0.310 e. The molecule has 1 aromatic carbocycles. The third kappa shape index (κ3) is 2.78. The van der Waals surface area contributed by atoms with Crippen LogP contribution >= 0.6 is 0 Å². The first-order chi connectivity index (χ1) is 10.5. The summed E-state index contributed by atoms with van der Waals surface area (Å²) in [6.07, 6.45) is 0. The van der Waals surface area contributed by atoms with Crippen molar-refractivity contribution in [3.05, 3.63) is 24.3 Å². The standard InChI is InChI=1S/C16H21N3O3/c1-16(2,15(20)21)11-18-7-9-19(10-8-18)14-12-5-3-4-6-13(12)22-17-14/h3-6H,7-11H2,1-2H3,(H,20,21). The number of benzene rings is 1. The van der Waals surface area contributed by atoms with E-state index in [-0.39, 0.29) is 0 Å². The quantitative estimate of drug-likeness (QED) is 0.932. The average molecular weight is 303 g/mol. The molecule has 0 atom stereocenters. The van der Waals surface area contributed by atoms with Crippen molar-refractivity contribution in [1.82, 2.24) is 10.1 Å². The summed E-state index contributed by atoms with van der Waals surface area (Å²) in [6.45, 7) is 7.42. The number of para-hydroxylation sites is 1. The van der Waals surface area contributed by atoms with Crippen molar-refractivity contribution in [3.8, 4) is 0 Å². The molecule has 1 saturated heterocycles. The van der Waals surface area contributed by atoms with Crippen molar-refractivity contribution < 1.29 is 14.4 Å². The topological polar surface area (TPSA) is 69.8 Å². The molecule has 118 valence electrons. The summed E-state index contributed by atoms with van der Waals surface area (Å²) in [5.74, 6) is 0.130. The number of aliphatic carboxylic acids is 1. The summed E-state index contributed by atoms with van der Waals surface area (Å²) in [4.78, 5) is 15.6. The molecule has 0 spiro atoms. The van der Waals surface area contributed by atoms with Crippen molar-refractivity contribution >= 4 is 22.8 Å². The number of fused-ring (bicyclic) bond motifs is 1. The van der Waals surface area contributed by atoms with E-state index in [0.717, 1.165) is 43.0 Å². The molecule has 0 unspecified atom stereocenters. The molecule has 1 aliphatic heterocycles. The van der Waals surface area contributed by atoms with E-state index in [2.05, 4.69) is 15.0 Å². The Bertz CT molecular complexity index is 672.